The highest BCUT2D eigenvalue weighted by Crippen LogP contribution is 2.45. The summed E-state index contributed by atoms with van der Waals surface area (Å²) < 4.78 is 0. The fraction of sp³-hybridized carbons (Fsp3) is 0.533. The Hall–Kier alpha value is -1.35. The van der Waals surface area contributed by atoms with Crippen LogP contribution in [0.3, 0.4) is 0 Å². The molecule has 3 rings (SSSR count). The summed E-state index contributed by atoms with van der Waals surface area (Å²) in [5.41, 5.74) is 2.67. The van der Waals surface area contributed by atoms with Crippen LogP contribution in [0.15, 0.2) is 24.3 Å². The van der Waals surface area contributed by atoms with E-state index < -0.39 is 0 Å². The average molecular weight is 244 g/mol. The van der Waals surface area contributed by atoms with E-state index in [0.29, 0.717) is 6.54 Å². The Morgan fingerprint density at radius 2 is 2.22 bits per heavy atom. The molecular weight excluding hydrogens is 224 g/mol. The Morgan fingerprint density at radius 1 is 1.44 bits per heavy atom. The molecule has 1 aliphatic carbocycles. The monoisotopic (exact) mass is 244 g/mol. The van der Waals surface area contributed by atoms with Gasteiger partial charge in [-0.2, -0.15) is 0 Å². The number of benzene rings is 1. The molecular formula is C15H20N2O. The highest BCUT2D eigenvalue weighted by molar-refractivity contribution is 5.84. The summed E-state index contributed by atoms with van der Waals surface area (Å²) in [5.74, 6) is 0.215. The second-order valence-corrected chi connectivity index (χ2v) is 5.73. The lowest BCUT2D eigenvalue weighted by Gasteiger charge is -2.27. The van der Waals surface area contributed by atoms with E-state index in [1.54, 1.807) is 0 Å². The van der Waals surface area contributed by atoms with Crippen molar-refractivity contribution in [2.24, 2.45) is 5.41 Å². The minimum Gasteiger partial charge on any atom is -0.354 e. The van der Waals surface area contributed by atoms with Crippen LogP contribution in [-0.4, -0.2) is 19.0 Å². The van der Waals surface area contributed by atoms with Gasteiger partial charge in [-0.05, 0) is 36.9 Å². The second kappa shape index (κ2) is 4.39. The molecule has 1 aliphatic heterocycles. The number of carbonyl (C=O) groups excluding carboxylic acids is 1. The summed E-state index contributed by atoms with van der Waals surface area (Å²) in [6.45, 7) is 3.74. The molecule has 0 aromatic heterocycles. The van der Waals surface area contributed by atoms with Gasteiger partial charge in [0, 0.05) is 18.0 Å². The Balaban J connectivity index is 1.65. The van der Waals surface area contributed by atoms with Crippen molar-refractivity contribution in [3.8, 4) is 0 Å². The number of hydrogen-bond donors (Lipinski definition) is 2. The van der Waals surface area contributed by atoms with Crippen molar-refractivity contribution in [3.63, 3.8) is 0 Å². The van der Waals surface area contributed by atoms with Crippen LogP contribution >= 0.6 is 0 Å². The number of carbonyl (C=O) groups is 1. The average Bonchev–Trinajstić information content (AvgIpc) is 3.15. The number of nitrogens with one attached hydrogen (secondary N) is 2. The lowest BCUT2D eigenvalue weighted by Crippen LogP contribution is -2.40. The van der Waals surface area contributed by atoms with Crippen molar-refractivity contribution in [2.75, 3.05) is 13.1 Å². The van der Waals surface area contributed by atoms with E-state index in [1.807, 2.05) is 6.92 Å². The van der Waals surface area contributed by atoms with Crippen molar-refractivity contribution in [1.29, 1.82) is 0 Å². The van der Waals surface area contributed by atoms with E-state index in [2.05, 4.69) is 34.9 Å². The quantitative estimate of drug-likeness (QED) is 0.851. The van der Waals surface area contributed by atoms with E-state index >= 15 is 0 Å². The molecule has 0 spiro atoms. The number of amides is 1. The fourth-order valence-corrected chi connectivity index (χ4v) is 2.60. The topological polar surface area (TPSA) is 41.1 Å². The lowest BCUT2D eigenvalue weighted by molar-refractivity contribution is -0.125. The van der Waals surface area contributed by atoms with Gasteiger partial charge in [-0.1, -0.05) is 31.2 Å². The Bertz CT molecular complexity index is 465. The third-order valence-electron chi connectivity index (χ3n) is 4.23. The van der Waals surface area contributed by atoms with Gasteiger partial charge >= 0.3 is 0 Å². The third kappa shape index (κ3) is 2.15. The predicted octanol–water partition coefficient (Wildman–Crippen LogP) is 1.79. The first kappa shape index (κ1) is 11.7. The summed E-state index contributed by atoms with van der Waals surface area (Å²) in [4.78, 5) is 11.9. The minimum atomic E-state index is -0.0752. The molecule has 2 N–H and O–H groups in total. The maximum atomic E-state index is 11.9. The van der Waals surface area contributed by atoms with Gasteiger partial charge in [0.2, 0.25) is 5.91 Å². The SMILES string of the molecule is CC1(C(=O)NCC2NCCc3ccccc32)CC1. The molecule has 1 saturated carbocycles. The summed E-state index contributed by atoms with van der Waals surface area (Å²) in [7, 11) is 0. The molecule has 1 aromatic carbocycles. The van der Waals surface area contributed by atoms with Crippen LogP contribution in [-0.2, 0) is 11.2 Å². The van der Waals surface area contributed by atoms with Gasteiger partial charge in [-0.25, -0.2) is 0 Å². The zero-order valence-corrected chi connectivity index (χ0v) is 10.8. The molecule has 3 nitrogen and oxygen atoms in total. The predicted molar refractivity (Wildman–Crippen MR) is 71.2 cm³/mol. The molecule has 3 heteroatoms. The maximum Gasteiger partial charge on any atom is 0.226 e. The van der Waals surface area contributed by atoms with Crippen LogP contribution in [0.4, 0.5) is 0 Å². The highest BCUT2D eigenvalue weighted by Gasteiger charge is 2.44. The van der Waals surface area contributed by atoms with Gasteiger partial charge in [-0.3, -0.25) is 4.79 Å². The molecule has 1 amide bonds. The minimum absolute atomic E-state index is 0.0752. The van der Waals surface area contributed by atoms with Crippen LogP contribution in [0, 0.1) is 5.41 Å². The van der Waals surface area contributed by atoms with Gasteiger partial charge in [-0.15, -0.1) is 0 Å². The number of rotatable bonds is 3. The second-order valence-electron chi connectivity index (χ2n) is 5.73. The first-order valence-electron chi connectivity index (χ1n) is 6.78. The standard InChI is InChI=1S/C15H20N2O/c1-15(7-8-15)14(18)17-10-13-12-5-3-2-4-11(12)6-9-16-13/h2-5,13,16H,6-10H2,1H3,(H,17,18). The molecule has 18 heavy (non-hydrogen) atoms. The molecule has 1 aromatic rings. The van der Waals surface area contributed by atoms with Gasteiger partial charge in [0.25, 0.3) is 0 Å². The molecule has 2 aliphatic rings. The zero-order valence-electron chi connectivity index (χ0n) is 10.8. The van der Waals surface area contributed by atoms with Crippen molar-refractivity contribution < 1.29 is 4.79 Å². The van der Waals surface area contributed by atoms with E-state index in [9.17, 15) is 4.79 Å². The van der Waals surface area contributed by atoms with Crippen molar-refractivity contribution in [3.05, 3.63) is 35.4 Å². The van der Waals surface area contributed by atoms with Crippen molar-refractivity contribution in [1.82, 2.24) is 10.6 Å². The van der Waals surface area contributed by atoms with Crippen LogP contribution in [0.2, 0.25) is 0 Å². The Labute approximate surface area is 108 Å². The summed E-state index contributed by atoms with van der Waals surface area (Å²) in [5, 5.41) is 6.58. The maximum absolute atomic E-state index is 11.9. The van der Waals surface area contributed by atoms with Gasteiger partial charge < -0.3 is 10.6 Å². The van der Waals surface area contributed by atoms with E-state index in [4.69, 9.17) is 0 Å². The molecule has 1 atom stereocenters. The first-order valence-corrected chi connectivity index (χ1v) is 6.78. The smallest absolute Gasteiger partial charge is 0.226 e. The number of fused-ring (bicyclic) bond motifs is 1. The zero-order chi connectivity index (χ0) is 12.6. The summed E-state index contributed by atoms with van der Waals surface area (Å²) in [6.07, 6.45) is 3.15. The van der Waals surface area contributed by atoms with Gasteiger partial charge in [0.05, 0.1) is 0 Å². The summed E-state index contributed by atoms with van der Waals surface area (Å²) >= 11 is 0. The molecule has 0 bridgehead atoms. The van der Waals surface area contributed by atoms with Crippen LogP contribution < -0.4 is 10.6 Å². The van der Waals surface area contributed by atoms with Crippen molar-refractivity contribution >= 4 is 5.91 Å². The Kier molecular flexibility index (Phi) is 2.86. The van der Waals surface area contributed by atoms with E-state index in [0.717, 1.165) is 25.8 Å². The number of hydrogen-bond acceptors (Lipinski definition) is 2. The van der Waals surface area contributed by atoms with E-state index in [1.165, 1.54) is 11.1 Å². The van der Waals surface area contributed by atoms with E-state index in [-0.39, 0.29) is 17.4 Å². The molecule has 1 unspecified atom stereocenters. The fourth-order valence-electron chi connectivity index (χ4n) is 2.60. The van der Waals surface area contributed by atoms with Crippen LogP contribution in [0.5, 0.6) is 0 Å². The van der Waals surface area contributed by atoms with Crippen LogP contribution in [0.1, 0.15) is 36.9 Å². The summed E-state index contributed by atoms with van der Waals surface area (Å²) in [6, 6.07) is 8.78. The molecule has 96 valence electrons. The molecule has 1 heterocycles. The van der Waals surface area contributed by atoms with Crippen molar-refractivity contribution in [2.45, 2.75) is 32.2 Å². The highest BCUT2D eigenvalue weighted by atomic mass is 16.2. The normalized spacial score (nSPS) is 24.2. The van der Waals surface area contributed by atoms with Gasteiger partial charge in [0.1, 0.15) is 0 Å². The lowest BCUT2D eigenvalue weighted by atomic mass is 9.94. The Morgan fingerprint density at radius 3 is 3.00 bits per heavy atom. The first-order chi connectivity index (χ1) is 8.69. The van der Waals surface area contributed by atoms with Crippen LogP contribution in [0.25, 0.3) is 0 Å². The van der Waals surface area contributed by atoms with Gasteiger partial charge in [0.15, 0.2) is 0 Å². The molecule has 1 fully saturated rings. The molecule has 0 saturated heterocycles. The largest absolute Gasteiger partial charge is 0.354 e. The third-order valence-corrected chi connectivity index (χ3v) is 4.23. The molecule has 0 radical (unpaired) electrons.